The zero-order valence-electron chi connectivity index (χ0n) is 16.4. The average molecular weight is 540 g/mol. The van der Waals surface area contributed by atoms with E-state index in [1.807, 2.05) is 0 Å². The van der Waals surface area contributed by atoms with Crippen molar-refractivity contribution in [2.45, 2.75) is 13.8 Å². The van der Waals surface area contributed by atoms with Gasteiger partial charge in [-0.1, -0.05) is 56.1 Å². The molecule has 0 aliphatic heterocycles. The molecule has 0 saturated heterocycles. The number of Topliss-reactive ketones (excluding diaryl/α,β-unsaturated/α-hetero) is 2. The molecule has 2 unspecified atom stereocenters. The van der Waals surface area contributed by atoms with Gasteiger partial charge in [0.1, 0.15) is 11.8 Å². The smallest absolute Gasteiger partial charge is 0.318 e. The number of ether oxygens (including phenoxy) is 2. The van der Waals surface area contributed by atoms with Crippen LogP contribution in [0.3, 0.4) is 0 Å². The van der Waals surface area contributed by atoms with Crippen molar-refractivity contribution in [1.29, 1.82) is 0 Å². The molecule has 0 aliphatic carbocycles. The molecule has 0 aromatic heterocycles. The third-order valence-electron chi connectivity index (χ3n) is 4.24. The minimum atomic E-state index is -1.67. The molecule has 0 spiro atoms. The lowest BCUT2D eigenvalue weighted by atomic mass is 9.81. The molecule has 2 rings (SSSR count). The van der Waals surface area contributed by atoms with E-state index in [0.717, 1.165) is 8.95 Å². The monoisotopic (exact) mass is 538 g/mol. The molecular weight excluding hydrogens is 520 g/mol. The SMILES string of the molecule is CCOC(=O)C(C(=O)c1ccc(Br)cc1)C(C(=O)OCC)C(=O)c1ccc(Br)cc1. The summed E-state index contributed by atoms with van der Waals surface area (Å²) in [7, 11) is 0. The number of benzene rings is 2. The van der Waals surface area contributed by atoms with Crippen LogP contribution in [0.25, 0.3) is 0 Å². The number of carbonyl (C=O) groups is 4. The molecule has 2 atom stereocenters. The first kappa shape index (κ1) is 24.0. The minimum absolute atomic E-state index is 0.00896. The molecule has 0 fully saturated rings. The summed E-state index contributed by atoms with van der Waals surface area (Å²) in [6, 6.07) is 12.5. The number of halogens is 2. The van der Waals surface area contributed by atoms with Gasteiger partial charge in [-0.15, -0.1) is 0 Å². The summed E-state index contributed by atoms with van der Waals surface area (Å²) < 4.78 is 11.6. The van der Waals surface area contributed by atoms with Gasteiger partial charge < -0.3 is 9.47 Å². The van der Waals surface area contributed by atoms with E-state index in [1.165, 1.54) is 24.3 Å². The first-order valence-electron chi connectivity index (χ1n) is 9.23. The molecule has 0 saturated carbocycles. The number of carbonyl (C=O) groups excluding carboxylic acids is 4. The lowest BCUT2D eigenvalue weighted by molar-refractivity contribution is -0.156. The van der Waals surface area contributed by atoms with Crippen LogP contribution in [0.4, 0.5) is 0 Å². The van der Waals surface area contributed by atoms with Crippen molar-refractivity contribution in [3.05, 3.63) is 68.6 Å². The molecule has 0 aliphatic rings. The Balaban J connectivity index is 2.56. The molecule has 0 N–H and O–H groups in total. The zero-order valence-corrected chi connectivity index (χ0v) is 19.6. The van der Waals surface area contributed by atoms with E-state index in [4.69, 9.17) is 9.47 Å². The molecule has 30 heavy (non-hydrogen) atoms. The lowest BCUT2D eigenvalue weighted by Gasteiger charge is -2.22. The van der Waals surface area contributed by atoms with Gasteiger partial charge in [0.25, 0.3) is 0 Å². The van der Waals surface area contributed by atoms with Crippen molar-refractivity contribution in [3.8, 4) is 0 Å². The van der Waals surface area contributed by atoms with E-state index in [-0.39, 0.29) is 24.3 Å². The second-order valence-electron chi connectivity index (χ2n) is 6.20. The van der Waals surface area contributed by atoms with Crippen LogP contribution in [-0.2, 0) is 19.1 Å². The molecule has 0 heterocycles. The van der Waals surface area contributed by atoms with Gasteiger partial charge >= 0.3 is 11.9 Å². The predicted octanol–water partition coefficient (Wildman–Crippen LogP) is 4.64. The fourth-order valence-electron chi connectivity index (χ4n) is 2.84. The van der Waals surface area contributed by atoms with E-state index in [2.05, 4.69) is 31.9 Å². The zero-order chi connectivity index (χ0) is 22.3. The summed E-state index contributed by atoms with van der Waals surface area (Å²) >= 11 is 6.57. The quantitative estimate of drug-likeness (QED) is 0.262. The summed E-state index contributed by atoms with van der Waals surface area (Å²) in [5.41, 5.74) is 0.350. The van der Waals surface area contributed by atoms with Gasteiger partial charge in [-0.3, -0.25) is 19.2 Å². The fourth-order valence-corrected chi connectivity index (χ4v) is 3.37. The van der Waals surface area contributed by atoms with Crippen molar-refractivity contribution in [2.75, 3.05) is 13.2 Å². The van der Waals surface area contributed by atoms with Gasteiger partial charge in [0.15, 0.2) is 11.6 Å². The highest BCUT2D eigenvalue weighted by atomic mass is 79.9. The maximum atomic E-state index is 13.2. The third-order valence-corrected chi connectivity index (χ3v) is 5.29. The van der Waals surface area contributed by atoms with Crippen molar-refractivity contribution in [2.24, 2.45) is 11.8 Å². The van der Waals surface area contributed by atoms with Crippen LogP contribution in [0.1, 0.15) is 34.6 Å². The highest BCUT2D eigenvalue weighted by Crippen LogP contribution is 2.27. The Morgan fingerprint density at radius 1 is 0.667 bits per heavy atom. The maximum Gasteiger partial charge on any atom is 0.318 e. The van der Waals surface area contributed by atoms with Crippen molar-refractivity contribution < 1.29 is 28.7 Å². The molecule has 0 bridgehead atoms. The minimum Gasteiger partial charge on any atom is -0.465 e. The Kier molecular flexibility index (Phi) is 8.92. The molecule has 2 aromatic carbocycles. The summed E-state index contributed by atoms with van der Waals surface area (Å²) in [5, 5.41) is 0. The lowest BCUT2D eigenvalue weighted by Crippen LogP contribution is -2.42. The Morgan fingerprint density at radius 3 is 1.23 bits per heavy atom. The topological polar surface area (TPSA) is 86.7 Å². The first-order valence-corrected chi connectivity index (χ1v) is 10.8. The molecule has 0 radical (unpaired) electrons. The molecule has 0 amide bonds. The number of rotatable bonds is 9. The van der Waals surface area contributed by atoms with Gasteiger partial charge in [0.05, 0.1) is 13.2 Å². The summed E-state index contributed by atoms with van der Waals surface area (Å²) in [5.74, 6) is -6.61. The number of hydrogen-bond donors (Lipinski definition) is 0. The van der Waals surface area contributed by atoms with Crippen LogP contribution in [0.5, 0.6) is 0 Å². The highest BCUT2D eigenvalue weighted by Gasteiger charge is 2.46. The normalized spacial score (nSPS) is 12.5. The van der Waals surface area contributed by atoms with E-state index in [1.54, 1.807) is 38.1 Å². The van der Waals surface area contributed by atoms with Gasteiger partial charge in [-0.25, -0.2) is 0 Å². The summed E-state index contributed by atoms with van der Waals surface area (Å²) in [6.07, 6.45) is 0. The van der Waals surface area contributed by atoms with Gasteiger partial charge in [-0.05, 0) is 38.1 Å². The Labute approximate surface area is 191 Å². The van der Waals surface area contributed by atoms with E-state index in [9.17, 15) is 19.2 Å². The summed E-state index contributed by atoms with van der Waals surface area (Å²) in [4.78, 5) is 51.9. The fraction of sp³-hybridized carbons (Fsp3) is 0.273. The average Bonchev–Trinajstić information content (AvgIpc) is 2.72. The van der Waals surface area contributed by atoms with Crippen LogP contribution < -0.4 is 0 Å². The Morgan fingerprint density at radius 2 is 0.967 bits per heavy atom. The number of hydrogen-bond acceptors (Lipinski definition) is 6. The number of ketones is 2. The maximum absolute atomic E-state index is 13.2. The van der Waals surface area contributed by atoms with Crippen LogP contribution in [-0.4, -0.2) is 36.7 Å². The molecule has 2 aromatic rings. The number of esters is 2. The van der Waals surface area contributed by atoms with Crippen LogP contribution >= 0.6 is 31.9 Å². The van der Waals surface area contributed by atoms with Crippen LogP contribution in [0, 0.1) is 11.8 Å². The largest absolute Gasteiger partial charge is 0.465 e. The first-order chi connectivity index (χ1) is 14.3. The molecule has 158 valence electrons. The summed E-state index contributed by atoms with van der Waals surface area (Å²) in [6.45, 7) is 3.14. The van der Waals surface area contributed by atoms with E-state index in [0.29, 0.717) is 0 Å². The second-order valence-corrected chi connectivity index (χ2v) is 8.03. The highest BCUT2D eigenvalue weighted by molar-refractivity contribution is 9.10. The van der Waals surface area contributed by atoms with Gasteiger partial charge in [0.2, 0.25) is 0 Å². The van der Waals surface area contributed by atoms with Crippen molar-refractivity contribution >= 4 is 55.4 Å². The van der Waals surface area contributed by atoms with E-state index < -0.39 is 35.3 Å². The predicted molar refractivity (Wildman–Crippen MR) is 117 cm³/mol. The third kappa shape index (κ3) is 5.86. The molecule has 6 nitrogen and oxygen atoms in total. The van der Waals surface area contributed by atoms with Crippen LogP contribution in [0.2, 0.25) is 0 Å². The Hall–Kier alpha value is -2.32. The van der Waals surface area contributed by atoms with Crippen molar-refractivity contribution in [3.63, 3.8) is 0 Å². The molecule has 8 heteroatoms. The van der Waals surface area contributed by atoms with Gasteiger partial charge in [0, 0.05) is 20.1 Å². The van der Waals surface area contributed by atoms with Gasteiger partial charge in [-0.2, -0.15) is 0 Å². The van der Waals surface area contributed by atoms with E-state index >= 15 is 0 Å². The standard InChI is InChI=1S/C22H20Br2O6/c1-3-29-21(27)17(19(25)13-5-9-15(23)10-6-13)18(22(28)30-4-2)20(26)14-7-11-16(24)12-8-14/h5-12,17-18H,3-4H2,1-2H3. The molecular formula is C22H20Br2O6. The van der Waals surface area contributed by atoms with Crippen LogP contribution in [0.15, 0.2) is 57.5 Å². The van der Waals surface area contributed by atoms with Crippen molar-refractivity contribution in [1.82, 2.24) is 0 Å². The second kappa shape index (κ2) is 11.2. The Bertz CT molecular complexity index is 844.